The molecule has 1 heterocycles. The van der Waals surface area contributed by atoms with Crippen molar-refractivity contribution in [1.29, 1.82) is 0 Å². The van der Waals surface area contributed by atoms with Gasteiger partial charge in [0, 0.05) is 25.2 Å². The van der Waals surface area contributed by atoms with Crippen LogP contribution in [0.1, 0.15) is 21.5 Å². The molecule has 0 saturated heterocycles. The highest BCUT2D eigenvalue weighted by atomic mass is 16.3. The van der Waals surface area contributed by atoms with Crippen LogP contribution in [0.15, 0.2) is 18.2 Å². The molecule has 0 bridgehead atoms. The molecule has 5 nitrogen and oxygen atoms in total. The van der Waals surface area contributed by atoms with Crippen LogP contribution in [0.25, 0.3) is 0 Å². The van der Waals surface area contributed by atoms with Crippen molar-refractivity contribution >= 4 is 5.91 Å². The maximum absolute atomic E-state index is 12.3. The summed E-state index contributed by atoms with van der Waals surface area (Å²) in [4.78, 5) is 13.8. The Morgan fingerprint density at radius 1 is 1.21 bits per heavy atom. The van der Waals surface area contributed by atoms with E-state index in [4.69, 9.17) is 10.2 Å². The molecular weight excluding hydrogens is 244 g/mol. The molecule has 2 rings (SSSR count). The number of carbonyl (C=O) groups is 1. The summed E-state index contributed by atoms with van der Waals surface area (Å²) in [6.07, 6.45) is 0.987. The van der Waals surface area contributed by atoms with Crippen LogP contribution in [0, 0.1) is 0 Å². The van der Waals surface area contributed by atoms with Gasteiger partial charge < -0.3 is 20.4 Å². The fourth-order valence-corrected chi connectivity index (χ4v) is 2.35. The number of benzene rings is 1. The Labute approximate surface area is 112 Å². The predicted octanol–water partition coefficient (Wildman–Crippen LogP) is -0.241. The number of carbonyl (C=O) groups excluding carboxylic acids is 1. The number of nitrogens with zero attached hydrogens (tertiary/aromatic N) is 1. The Morgan fingerprint density at radius 3 is 2.63 bits per heavy atom. The van der Waals surface area contributed by atoms with Gasteiger partial charge in [-0.05, 0) is 36.2 Å². The van der Waals surface area contributed by atoms with Crippen molar-refractivity contribution < 1.29 is 15.0 Å². The van der Waals surface area contributed by atoms with Gasteiger partial charge in [-0.25, -0.2) is 0 Å². The van der Waals surface area contributed by atoms with Crippen molar-refractivity contribution in [1.82, 2.24) is 10.2 Å². The smallest absolute Gasteiger partial charge is 0.254 e. The van der Waals surface area contributed by atoms with Crippen molar-refractivity contribution in [3.05, 3.63) is 34.9 Å². The molecule has 1 amide bonds. The Bertz CT molecular complexity index is 442. The molecule has 3 N–H and O–H groups in total. The maximum Gasteiger partial charge on any atom is 0.254 e. The van der Waals surface area contributed by atoms with Crippen LogP contribution in [0.2, 0.25) is 0 Å². The zero-order valence-corrected chi connectivity index (χ0v) is 10.9. The average Bonchev–Trinajstić information content (AvgIpc) is 2.46. The molecule has 1 aliphatic heterocycles. The first kappa shape index (κ1) is 14.0. The van der Waals surface area contributed by atoms with Gasteiger partial charge >= 0.3 is 0 Å². The minimum Gasteiger partial charge on any atom is -0.395 e. The van der Waals surface area contributed by atoms with Gasteiger partial charge in [-0.2, -0.15) is 0 Å². The summed E-state index contributed by atoms with van der Waals surface area (Å²) in [5.41, 5.74) is 3.06. The molecule has 104 valence electrons. The van der Waals surface area contributed by atoms with Crippen LogP contribution in [0.3, 0.4) is 0 Å². The Hall–Kier alpha value is -1.43. The Balaban J connectivity index is 2.17. The van der Waals surface area contributed by atoms with E-state index in [0.717, 1.165) is 25.1 Å². The van der Waals surface area contributed by atoms with Gasteiger partial charge in [0.05, 0.1) is 13.2 Å². The number of fused-ring (bicyclic) bond motifs is 1. The van der Waals surface area contributed by atoms with Crippen LogP contribution >= 0.6 is 0 Å². The average molecular weight is 264 g/mol. The summed E-state index contributed by atoms with van der Waals surface area (Å²) in [5.74, 6) is -0.142. The van der Waals surface area contributed by atoms with Gasteiger partial charge in [0.2, 0.25) is 0 Å². The summed E-state index contributed by atoms with van der Waals surface area (Å²) >= 11 is 0. The highest BCUT2D eigenvalue weighted by Gasteiger charge is 2.17. The predicted molar refractivity (Wildman–Crippen MR) is 71.9 cm³/mol. The summed E-state index contributed by atoms with van der Waals surface area (Å²) in [6.45, 7) is 2.05. The number of hydrogen-bond acceptors (Lipinski definition) is 4. The van der Waals surface area contributed by atoms with Gasteiger partial charge in [-0.1, -0.05) is 6.07 Å². The minimum absolute atomic E-state index is 0.0990. The van der Waals surface area contributed by atoms with Crippen LogP contribution < -0.4 is 5.32 Å². The highest BCUT2D eigenvalue weighted by Crippen LogP contribution is 2.17. The van der Waals surface area contributed by atoms with E-state index in [-0.39, 0.29) is 32.2 Å². The number of rotatable bonds is 5. The van der Waals surface area contributed by atoms with E-state index >= 15 is 0 Å². The molecule has 1 aromatic rings. The van der Waals surface area contributed by atoms with E-state index in [1.165, 1.54) is 10.5 Å². The fourth-order valence-electron chi connectivity index (χ4n) is 2.35. The first-order valence-corrected chi connectivity index (χ1v) is 6.59. The lowest BCUT2D eigenvalue weighted by molar-refractivity contribution is 0.0684. The Kier molecular flexibility index (Phi) is 4.90. The zero-order valence-electron chi connectivity index (χ0n) is 10.9. The van der Waals surface area contributed by atoms with Crippen molar-refractivity contribution in [3.8, 4) is 0 Å². The molecule has 0 fully saturated rings. The number of aliphatic hydroxyl groups excluding tert-OH is 2. The van der Waals surface area contributed by atoms with Crippen molar-refractivity contribution in [3.63, 3.8) is 0 Å². The van der Waals surface area contributed by atoms with Crippen molar-refractivity contribution in [2.24, 2.45) is 0 Å². The maximum atomic E-state index is 12.3. The first-order valence-electron chi connectivity index (χ1n) is 6.59. The standard InChI is InChI=1S/C14H20N2O3/c17-7-5-16(6-8-18)14(19)12-2-1-11-3-4-15-10-13(11)9-12/h1-2,9,15,17-18H,3-8,10H2. The molecular formula is C14H20N2O3. The lowest BCUT2D eigenvalue weighted by Crippen LogP contribution is -2.36. The van der Waals surface area contributed by atoms with Gasteiger partial charge in [0.1, 0.15) is 0 Å². The van der Waals surface area contributed by atoms with Gasteiger partial charge in [0.25, 0.3) is 5.91 Å². The lowest BCUT2D eigenvalue weighted by atomic mass is 9.98. The summed E-state index contributed by atoms with van der Waals surface area (Å²) < 4.78 is 0. The lowest BCUT2D eigenvalue weighted by Gasteiger charge is -2.22. The molecule has 1 aliphatic rings. The number of amides is 1. The third-order valence-electron chi connectivity index (χ3n) is 3.37. The van der Waals surface area contributed by atoms with Crippen molar-refractivity contribution in [2.45, 2.75) is 13.0 Å². The third kappa shape index (κ3) is 3.32. The normalized spacial score (nSPS) is 14.0. The fraction of sp³-hybridized carbons (Fsp3) is 0.500. The van der Waals surface area contributed by atoms with Crippen molar-refractivity contribution in [2.75, 3.05) is 32.8 Å². The number of hydrogen-bond donors (Lipinski definition) is 3. The molecule has 0 atom stereocenters. The van der Waals surface area contributed by atoms with E-state index in [0.29, 0.717) is 5.56 Å². The molecule has 5 heteroatoms. The molecule has 0 radical (unpaired) electrons. The molecule has 0 unspecified atom stereocenters. The number of nitrogens with one attached hydrogen (secondary N) is 1. The SMILES string of the molecule is O=C(c1ccc2c(c1)CNCC2)N(CCO)CCO. The van der Waals surface area contributed by atoms with Gasteiger partial charge in [-0.15, -0.1) is 0 Å². The molecule has 0 spiro atoms. The second-order valence-electron chi connectivity index (χ2n) is 4.65. The topological polar surface area (TPSA) is 72.8 Å². The van der Waals surface area contributed by atoms with E-state index in [1.807, 2.05) is 18.2 Å². The van der Waals surface area contributed by atoms with E-state index < -0.39 is 0 Å². The summed E-state index contributed by atoms with van der Waals surface area (Å²) in [6, 6.07) is 5.74. The monoisotopic (exact) mass is 264 g/mol. The zero-order chi connectivity index (χ0) is 13.7. The van der Waals surface area contributed by atoms with Gasteiger partial charge in [-0.3, -0.25) is 4.79 Å². The largest absolute Gasteiger partial charge is 0.395 e. The van der Waals surface area contributed by atoms with E-state index in [9.17, 15) is 4.79 Å². The number of aliphatic hydroxyl groups is 2. The second-order valence-corrected chi connectivity index (χ2v) is 4.65. The Morgan fingerprint density at radius 2 is 1.95 bits per heavy atom. The molecule has 0 saturated carbocycles. The third-order valence-corrected chi connectivity index (χ3v) is 3.37. The summed E-state index contributed by atoms with van der Waals surface area (Å²) in [7, 11) is 0. The first-order chi connectivity index (χ1) is 9.26. The van der Waals surface area contributed by atoms with Crippen LogP contribution in [0.5, 0.6) is 0 Å². The van der Waals surface area contributed by atoms with Gasteiger partial charge in [0.15, 0.2) is 0 Å². The molecule has 0 aliphatic carbocycles. The van der Waals surface area contributed by atoms with Crippen LogP contribution in [-0.2, 0) is 13.0 Å². The quantitative estimate of drug-likeness (QED) is 0.686. The highest BCUT2D eigenvalue weighted by molar-refractivity contribution is 5.94. The summed E-state index contributed by atoms with van der Waals surface area (Å²) in [5, 5.41) is 21.2. The van der Waals surface area contributed by atoms with E-state index in [1.54, 1.807) is 0 Å². The van der Waals surface area contributed by atoms with Crippen LogP contribution in [-0.4, -0.2) is 53.9 Å². The van der Waals surface area contributed by atoms with E-state index in [2.05, 4.69) is 5.32 Å². The minimum atomic E-state index is -0.142. The second kappa shape index (κ2) is 6.65. The molecule has 0 aromatic heterocycles. The molecule has 1 aromatic carbocycles. The van der Waals surface area contributed by atoms with Crippen LogP contribution in [0.4, 0.5) is 0 Å². The molecule has 19 heavy (non-hydrogen) atoms.